The number of anilines is 1. The van der Waals surface area contributed by atoms with Crippen molar-refractivity contribution in [2.45, 2.75) is 13.3 Å². The molecule has 0 spiro atoms. The van der Waals surface area contributed by atoms with Gasteiger partial charge in [0, 0.05) is 22.6 Å². The van der Waals surface area contributed by atoms with Gasteiger partial charge in [0.15, 0.2) is 10.9 Å². The van der Waals surface area contributed by atoms with Crippen LogP contribution in [0.5, 0.6) is 11.5 Å². The Kier molecular flexibility index (Phi) is 6.40. The van der Waals surface area contributed by atoms with Crippen LogP contribution >= 0.6 is 11.3 Å². The van der Waals surface area contributed by atoms with Crippen molar-refractivity contribution in [2.75, 3.05) is 19.0 Å². The third kappa shape index (κ3) is 4.88. The molecule has 8 nitrogen and oxygen atoms in total. The first-order chi connectivity index (χ1) is 14.0. The molecular formula is C20H19N3O5S. The Labute approximate surface area is 171 Å². The van der Waals surface area contributed by atoms with E-state index in [0.717, 1.165) is 17.7 Å². The highest BCUT2D eigenvalue weighted by atomic mass is 32.1. The van der Waals surface area contributed by atoms with Gasteiger partial charge in [-0.15, -0.1) is 11.3 Å². The number of nitro benzene ring substituents is 1. The standard InChI is InChI=1S/C20H19N3O5S/c1-3-10-28-15-7-4-13(5-8-15)16-12-29-20(21-16)22-19(24)14-6-9-18(27-2)17(11-14)23(25)26/h4-9,11-12H,3,10H2,1-2H3,(H,21,22,24). The van der Waals surface area contributed by atoms with E-state index < -0.39 is 10.8 Å². The fourth-order valence-corrected chi connectivity index (χ4v) is 3.26. The maximum Gasteiger partial charge on any atom is 0.311 e. The molecule has 1 heterocycles. The molecule has 0 radical (unpaired) electrons. The molecule has 0 bridgehead atoms. The molecule has 3 rings (SSSR count). The zero-order valence-electron chi connectivity index (χ0n) is 15.9. The zero-order valence-corrected chi connectivity index (χ0v) is 16.7. The van der Waals surface area contributed by atoms with Crippen LogP contribution in [0.15, 0.2) is 47.8 Å². The van der Waals surface area contributed by atoms with E-state index in [1.54, 1.807) is 0 Å². The number of benzene rings is 2. The van der Waals surface area contributed by atoms with Crippen molar-refractivity contribution in [2.24, 2.45) is 0 Å². The lowest BCUT2D eigenvalue weighted by Gasteiger charge is -2.05. The number of nitrogens with one attached hydrogen (secondary N) is 1. The molecule has 150 valence electrons. The van der Waals surface area contributed by atoms with Gasteiger partial charge in [-0.05, 0) is 42.8 Å². The number of carbonyl (C=O) groups excluding carboxylic acids is 1. The zero-order chi connectivity index (χ0) is 20.8. The molecule has 0 unspecified atom stereocenters. The summed E-state index contributed by atoms with van der Waals surface area (Å²) in [5.74, 6) is 0.398. The minimum absolute atomic E-state index is 0.0921. The van der Waals surface area contributed by atoms with Gasteiger partial charge >= 0.3 is 5.69 Å². The molecule has 2 aromatic carbocycles. The minimum atomic E-state index is -0.592. The lowest BCUT2D eigenvalue weighted by molar-refractivity contribution is -0.385. The summed E-state index contributed by atoms with van der Waals surface area (Å²) < 4.78 is 10.5. The van der Waals surface area contributed by atoms with E-state index in [0.29, 0.717) is 17.4 Å². The molecule has 0 saturated carbocycles. The number of amides is 1. The third-order valence-corrected chi connectivity index (χ3v) is 4.74. The summed E-state index contributed by atoms with van der Waals surface area (Å²) in [6.07, 6.45) is 0.939. The fourth-order valence-electron chi connectivity index (χ4n) is 2.55. The molecule has 3 aromatic rings. The maximum absolute atomic E-state index is 12.5. The van der Waals surface area contributed by atoms with Crippen molar-refractivity contribution in [3.05, 3.63) is 63.5 Å². The number of hydrogen-bond donors (Lipinski definition) is 1. The summed E-state index contributed by atoms with van der Waals surface area (Å²) in [7, 11) is 1.33. The van der Waals surface area contributed by atoms with Gasteiger partial charge in [-0.1, -0.05) is 6.92 Å². The number of aromatic nitrogens is 1. The highest BCUT2D eigenvalue weighted by Crippen LogP contribution is 2.29. The van der Waals surface area contributed by atoms with Crippen molar-refractivity contribution in [3.63, 3.8) is 0 Å². The number of methoxy groups -OCH3 is 1. The lowest BCUT2D eigenvalue weighted by Crippen LogP contribution is -2.12. The first-order valence-electron chi connectivity index (χ1n) is 8.84. The summed E-state index contributed by atoms with van der Waals surface area (Å²) in [4.78, 5) is 27.4. The number of thiazole rings is 1. The predicted octanol–water partition coefficient (Wildman–Crippen LogP) is 4.77. The lowest BCUT2D eigenvalue weighted by atomic mass is 10.1. The number of nitrogens with zero attached hydrogens (tertiary/aromatic N) is 2. The second-order valence-corrected chi connectivity index (χ2v) is 6.87. The van der Waals surface area contributed by atoms with Gasteiger partial charge in [-0.3, -0.25) is 20.2 Å². The van der Waals surface area contributed by atoms with Crippen LogP contribution in [0, 0.1) is 10.1 Å². The minimum Gasteiger partial charge on any atom is -0.494 e. The number of nitro groups is 1. The van der Waals surface area contributed by atoms with E-state index in [1.165, 1.54) is 36.6 Å². The Bertz CT molecular complexity index is 1020. The second kappa shape index (κ2) is 9.16. The van der Waals surface area contributed by atoms with Gasteiger partial charge in [0.1, 0.15) is 5.75 Å². The van der Waals surface area contributed by atoms with Crippen LogP contribution in [-0.4, -0.2) is 29.5 Å². The highest BCUT2D eigenvalue weighted by molar-refractivity contribution is 7.14. The molecule has 0 atom stereocenters. The van der Waals surface area contributed by atoms with Crippen LogP contribution in [0.4, 0.5) is 10.8 Å². The molecule has 0 aliphatic rings. The van der Waals surface area contributed by atoms with Gasteiger partial charge in [0.05, 0.1) is 24.3 Å². The monoisotopic (exact) mass is 413 g/mol. The summed E-state index contributed by atoms with van der Waals surface area (Å²) in [5, 5.41) is 16.0. The molecule has 0 aliphatic heterocycles. The van der Waals surface area contributed by atoms with E-state index in [4.69, 9.17) is 9.47 Å². The number of ether oxygens (including phenoxy) is 2. The average molecular weight is 413 g/mol. The third-order valence-electron chi connectivity index (χ3n) is 3.99. The van der Waals surface area contributed by atoms with E-state index in [1.807, 2.05) is 36.6 Å². The Morgan fingerprint density at radius 3 is 2.66 bits per heavy atom. The fraction of sp³-hybridized carbons (Fsp3) is 0.200. The quantitative estimate of drug-likeness (QED) is 0.421. The summed E-state index contributed by atoms with van der Waals surface area (Å²) in [5.41, 5.74) is 1.48. The Morgan fingerprint density at radius 2 is 2.00 bits per heavy atom. The Balaban J connectivity index is 1.72. The predicted molar refractivity (Wildman–Crippen MR) is 111 cm³/mol. The van der Waals surface area contributed by atoms with Crippen LogP contribution in [0.2, 0.25) is 0 Å². The SMILES string of the molecule is CCCOc1ccc(-c2csc(NC(=O)c3ccc(OC)c([N+](=O)[O-])c3)n2)cc1. The van der Waals surface area contributed by atoms with Gasteiger partial charge < -0.3 is 9.47 Å². The molecular weight excluding hydrogens is 394 g/mol. The van der Waals surface area contributed by atoms with Gasteiger partial charge in [0.2, 0.25) is 0 Å². The molecule has 0 aliphatic carbocycles. The van der Waals surface area contributed by atoms with E-state index in [2.05, 4.69) is 10.3 Å². The molecule has 29 heavy (non-hydrogen) atoms. The van der Waals surface area contributed by atoms with Gasteiger partial charge in [-0.2, -0.15) is 0 Å². The molecule has 0 fully saturated rings. The van der Waals surface area contributed by atoms with Crippen LogP contribution in [0.3, 0.4) is 0 Å². The number of carbonyl (C=O) groups is 1. The van der Waals surface area contributed by atoms with Crippen molar-refractivity contribution in [1.82, 2.24) is 4.98 Å². The Morgan fingerprint density at radius 1 is 1.24 bits per heavy atom. The maximum atomic E-state index is 12.5. The van der Waals surface area contributed by atoms with Gasteiger partial charge in [0.25, 0.3) is 5.91 Å². The smallest absolute Gasteiger partial charge is 0.311 e. The second-order valence-electron chi connectivity index (χ2n) is 6.01. The normalized spacial score (nSPS) is 10.4. The molecule has 1 N–H and O–H groups in total. The largest absolute Gasteiger partial charge is 0.494 e. The van der Waals surface area contributed by atoms with E-state index >= 15 is 0 Å². The van der Waals surface area contributed by atoms with Crippen LogP contribution in [-0.2, 0) is 0 Å². The first-order valence-corrected chi connectivity index (χ1v) is 9.72. The number of rotatable bonds is 8. The van der Waals surface area contributed by atoms with Crippen LogP contribution in [0.25, 0.3) is 11.3 Å². The van der Waals surface area contributed by atoms with Crippen LogP contribution < -0.4 is 14.8 Å². The summed E-state index contributed by atoms with van der Waals surface area (Å²) in [6.45, 7) is 2.71. The Hall–Kier alpha value is -3.46. The van der Waals surface area contributed by atoms with Crippen molar-refractivity contribution >= 4 is 28.1 Å². The molecule has 9 heteroatoms. The summed E-state index contributed by atoms with van der Waals surface area (Å²) in [6, 6.07) is 11.6. The van der Waals surface area contributed by atoms with Gasteiger partial charge in [-0.25, -0.2) is 4.98 Å². The molecule has 1 aromatic heterocycles. The van der Waals surface area contributed by atoms with Crippen molar-refractivity contribution in [1.29, 1.82) is 0 Å². The van der Waals surface area contributed by atoms with E-state index in [9.17, 15) is 14.9 Å². The van der Waals surface area contributed by atoms with Crippen molar-refractivity contribution < 1.29 is 19.2 Å². The molecule has 1 amide bonds. The molecule has 0 saturated heterocycles. The van der Waals surface area contributed by atoms with Crippen molar-refractivity contribution in [3.8, 4) is 22.8 Å². The first kappa shape index (κ1) is 20.3. The highest BCUT2D eigenvalue weighted by Gasteiger charge is 2.19. The van der Waals surface area contributed by atoms with Crippen LogP contribution in [0.1, 0.15) is 23.7 Å². The van der Waals surface area contributed by atoms with E-state index in [-0.39, 0.29) is 17.0 Å². The topological polar surface area (TPSA) is 104 Å². The number of hydrogen-bond acceptors (Lipinski definition) is 7. The average Bonchev–Trinajstić information content (AvgIpc) is 3.20. The summed E-state index contributed by atoms with van der Waals surface area (Å²) >= 11 is 1.27.